The average molecular weight is 388 g/mol. The molecule has 0 saturated carbocycles. The number of benzene rings is 2. The Labute approximate surface area is 157 Å². The number of aromatic nitrogens is 2. The predicted octanol–water partition coefficient (Wildman–Crippen LogP) is 4.07. The summed E-state index contributed by atoms with van der Waals surface area (Å²) in [6.45, 7) is 0.395. The number of aromatic hydroxyl groups is 1. The van der Waals surface area contributed by atoms with Crippen LogP contribution in [0.25, 0.3) is 22.6 Å². The highest BCUT2D eigenvalue weighted by Gasteiger charge is 2.31. The van der Waals surface area contributed by atoms with E-state index in [1.165, 1.54) is 23.8 Å². The van der Waals surface area contributed by atoms with Crippen molar-refractivity contribution in [2.45, 2.75) is 19.1 Å². The van der Waals surface area contributed by atoms with Gasteiger partial charge in [-0.05, 0) is 54.0 Å². The molecule has 1 aliphatic heterocycles. The lowest BCUT2D eigenvalue weighted by Crippen LogP contribution is -2.21. The van der Waals surface area contributed by atoms with E-state index in [-0.39, 0.29) is 22.2 Å². The first kappa shape index (κ1) is 18.1. The molecule has 0 unspecified atom stereocenters. The van der Waals surface area contributed by atoms with Crippen molar-refractivity contribution in [3.8, 4) is 11.5 Å². The molecule has 0 atom stereocenters. The summed E-state index contributed by atoms with van der Waals surface area (Å²) in [5, 5.41) is 10.1. The average Bonchev–Trinajstić information content (AvgIpc) is 3.04. The minimum absolute atomic E-state index is 0.0106. The molecular weight excluding hydrogens is 373 g/mol. The monoisotopic (exact) mass is 388 g/mol. The van der Waals surface area contributed by atoms with Crippen LogP contribution in [0.2, 0.25) is 0 Å². The quantitative estimate of drug-likeness (QED) is 0.719. The fraction of sp³-hybridized carbons (Fsp3) is 0.200. The van der Waals surface area contributed by atoms with Crippen LogP contribution in [0.4, 0.5) is 13.2 Å². The molecule has 0 spiro atoms. The van der Waals surface area contributed by atoms with E-state index in [0.717, 1.165) is 12.1 Å². The van der Waals surface area contributed by atoms with Gasteiger partial charge >= 0.3 is 6.18 Å². The van der Waals surface area contributed by atoms with Gasteiger partial charge in [-0.15, -0.1) is 0 Å². The second-order valence-corrected chi connectivity index (χ2v) is 6.47. The lowest BCUT2D eigenvalue weighted by Gasteiger charge is -2.09. The molecular formula is C20H15F3N2O3. The molecule has 1 aliphatic rings. The maximum atomic E-state index is 13.0. The maximum Gasteiger partial charge on any atom is 0.416 e. The van der Waals surface area contributed by atoms with E-state index in [0.29, 0.717) is 35.7 Å². The van der Waals surface area contributed by atoms with E-state index in [2.05, 4.69) is 4.98 Å². The van der Waals surface area contributed by atoms with Crippen LogP contribution in [0, 0.1) is 0 Å². The highest BCUT2D eigenvalue weighted by Crippen LogP contribution is 2.33. The predicted molar refractivity (Wildman–Crippen MR) is 98.2 cm³/mol. The van der Waals surface area contributed by atoms with Crippen LogP contribution < -0.4 is 10.3 Å². The first-order chi connectivity index (χ1) is 13.3. The number of allylic oxidation sites excluding steroid dienone is 1. The molecule has 2 heterocycles. The van der Waals surface area contributed by atoms with E-state index in [4.69, 9.17) is 4.74 Å². The lowest BCUT2D eigenvalue weighted by atomic mass is 10.1. The molecule has 0 fully saturated rings. The van der Waals surface area contributed by atoms with Gasteiger partial charge in [0.05, 0.1) is 23.6 Å². The summed E-state index contributed by atoms with van der Waals surface area (Å²) in [5.41, 5.74) is 0.174. The van der Waals surface area contributed by atoms with Crippen LogP contribution in [0.1, 0.15) is 23.4 Å². The number of hydrogen-bond donors (Lipinski definition) is 1. The first-order valence-corrected chi connectivity index (χ1v) is 8.47. The van der Waals surface area contributed by atoms with Crippen LogP contribution in [0.5, 0.6) is 11.5 Å². The number of halogens is 3. The minimum Gasteiger partial charge on any atom is -0.504 e. The zero-order valence-corrected chi connectivity index (χ0v) is 14.7. The molecule has 8 heteroatoms. The standard InChI is InChI=1S/C20H15F3N2O3/c1-28-17-5-2-11(9-16(17)26)8-12-6-7-25-18(12)24-15-10-13(20(21,22)23)3-4-14(15)19(25)27/h2-5,8-10,26H,6-7H2,1H3. The Morgan fingerprint density at radius 2 is 2.00 bits per heavy atom. The van der Waals surface area contributed by atoms with Crippen molar-refractivity contribution < 1.29 is 23.0 Å². The van der Waals surface area contributed by atoms with E-state index < -0.39 is 11.7 Å². The Morgan fingerprint density at radius 3 is 2.68 bits per heavy atom. The van der Waals surface area contributed by atoms with Gasteiger partial charge in [-0.25, -0.2) is 4.98 Å². The molecule has 0 radical (unpaired) electrons. The van der Waals surface area contributed by atoms with Crippen molar-refractivity contribution in [3.63, 3.8) is 0 Å². The number of rotatable bonds is 2. The molecule has 0 bridgehead atoms. The van der Waals surface area contributed by atoms with E-state index in [9.17, 15) is 23.1 Å². The number of ether oxygens (including phenoxy) is 1. The summed E-state index contributed by atoms with van der Waals surface area (Å²) in [6.07, 6.45) is -2.24. The molecule has 0 aliphatic carbocycles. The molecule has 0 amide bonds. The second kappa shape index (κ2) is 6.40. The zero-order chi connectivity index (χ0) is 20.1. The molecule has 1 aromatic heterocycles. The molecule has 28 heavy (non-hydrogen) atoms. The van der Waals surface area contributed by atoms with Crippen LogP contribution in [0.3, 0.4) is 0 Å². The van der Waals surface area contributed by atoms with Crippen molar-refractivity contribution in [2.75, 3.05) is 7.11 Å². The van der Waals surface area contributed by atoms with Gasteiger partial charge in [-0.2, -0.15) is 13.2 Å². The third kappa shape index (κ3) is 3.00. The van der Waals surface area contributed by atoms with Crippen molar-refractivity contribution in [1.29, 1.82) is 0 Å². The largest absolute Gasteiger partial charge is 0.504 e. The molecule has 144 valence electrons. The van der Waals surface area contributed by atoms with E-state index in [1.807, 2.05) is 0 Å². The van der Waals surface area contributed by atoms with Crippen molar-refractivity contribution in [2.24, 2.45) is 0 Å². The molecule has 3 aromatic rings. The Kier molecular flexibility index (Phi) is 4.14. The number of phenolic OH excluding ortho intramolecular Hbond substituents is 1. The summed E-state index contributed by atoms with van der Waals surface area (Å²) in [7, 11) is 1.44. The van der Waals surface area contributed by atoms with Gasteiger partial charge in [0.15, 0.2) is 11.5 Å². The van der Waals surface area contributed by atoms with Gasteiger partial charge in [0.25, 0.3) is 5.56 Å². The number of methoxy groups -OCH3 is 1. The number of phenols is 1. The Bertz CT molecular complexity index is 1180. The van der Waals surface area contributed by atoms with Gasteiger partial charge in [-0.1, -0.05) is 6.07 Å². The van der Waals surface area contributed by atoms with Crippen LogP contribution in [-0.2, 0) is 12.7 Å². The summed E-state index contributed by atoms with van der Waals surface area (Å²) in [4.78, 5) is 17.0. The smallest absolute Gasteiger partial charge is 0.416 e. The lowest BCUT2D eigenvalue weighted by molar-refractivity contribution is -0.137. The van der Waals surface area contributed by atoms with Gasteiger partial charge in [0.2, 0.25) is 0 Å². The normalized spacial score (nSPS) is 15.2. The topological polar surface area (TPSA) is 64.4 Å². The molecule has 4 rings (SSSR count). The Morgan fingerprint density at radius 1 is 1.21 bits per heavy atom. The minimum atomic E-state index is -4.51. The highest BCUT2D eigenvalue weighted by atomic mass is 19.4. The Balaban J connectivity index is 1.84. The summed E-state index contributed by atoms with van der Waals surface area (Å²) in [6, 6.07) is 7.80. The number of fused-ring (bicyclic) bond motifs is 2. The van der Waals surface area contributed by atoms with Crippen molar-refractivity contribution in [3.05, 3.63) is 63.7 Å². The fourth-order valence-electron chi connectivity index (χ4n) is 3.33. The SMILES string of the molecule is COc1ccc(C=C2CCn3c2nc2cc(C(F)(F)F)ccc2c3=O)cc1O. The van der Waals surface area contributed by atoms with Crippen LogP contribution in [0.15, 0.2) is 41.2 Å². The van der Waals surface area contributed by atoms with Crippen LogP contribution >= 0.6 is 0 Å². The van der Waals surface area contributed by atoms with Gasteiger partial charge in [0, 0.05) is 6.54 Å². The van der Waals surface area contributed by atoms with Gasteiger partial charge in [0.1, 0.15) is 5.82 Å². The Hall–Kier alpha value is -3.29. The molecule has 2 aromatic carbocycles. The van der Waals surface area contributed by atoms with Gasteiger partial charge < -0.3 is 9.84 Å². The summed E-state index contributed by atoms with van der Waals surface area (Å²) in [5.74, 6) is 0.634. The van der Waals surface area contributed by atoms with Crippen LogP contribution in [-0.4, -0.2) is 21.8 Å². The molecule has 1 N–H and O–H groups in total. The van der Waals surface area contributed by atoms with Crippen molar-refractivity contribution in [1.82, 2.24) is 9.55 Å². The summed E-state index contributed by atoms with van der Waals surface area (Å²) < 4.78 is 45.5. The molecule has 0 saturated heterocycles. The number of hydrogen-bond acceptors (Lipinski definition) is 4. The second-order valence-electron chi connectivity index (χ2n) is 6.47. The molecule has 5 nitrogen and oxygen atoms in total. The fourth-order valence-corrected chi connectivity index (χ4v) is 3.33. The van der Waals surface area contributed by atoms with E-state index in [1.54, 1.807) is 18.2 Å². The highest BCUT2D eigenvalue weighted by molar-refractivity contribution is 5.85. The number of alkyl halides is 3. The first-order valence-electron chi connectivity index (χ1n) is 8.47. The summed E-state index contributed by atoms with van der Waals surface area (Å²) >= 11 is 0. The van der Waals surface area contributed by atoms with Crippen molar-refractivity contribution >= 4 is 22.6 Å². The van der Waals surface area contributed by atoms with Gasteiger partial charge in [-0.3, -0.25) is 9.36 Å². The zero-order valence-electron chi connectivity index (χ0n) is 14.7. The third-order valence-corrected chi connectivity index (χ3v) is 4.72. The maximum absolute atomic E-state index is 13.0. The number of nitrogens with zero attached hydrogens (tertiary/aromatic N) is 2. The van der Waals surface area contributed by atoms with E-state index >= 15 is 0 Å². The third-order valence-electron chi connectivity index (χ3n) is 4.72.